The number of hydrogen-bond donors (Lipinski definition) is 1. The van der Waals surface area contributed by atoms with Gasteiger partial charge in [0.25, 0.3) is 0 Å². The van der Waals surface area contributed by atoms with Crippen LogP contribution in [0.3, 0.4) is 0 Å². The molecule has 168 valence electrons. The van der Waals surface area contributed by atoms with Gasteiger partial charge < -0.3 is 10.6 Å². The van der Waals surface area contributed by atoms with Crippen molar-refractivity contribution in [2.24, 2.45) is 0 Å². The highest BCUT2D eigenvalue weighted by molar-refractivity contribution is 9.10. The molecule has 0 bridgehead atoms. The number of nitrogen functional groups attached to an aromatic ring is 1. The first kappa shape index (κ1) is 21.6. The topological polar surface area (TPSA) is 89.4 Å². The van der Waals surface area contributed by atoms with Crippen molar-refractivity contribution >= 4 is 33.3 Å². The Morgan fingerprint density at radius 1 is 1.09 bits per heavy atom. The number of nitrogens with two attached hydrogens (primary N) is 1. The molecule has 0 radical (unpaired) electrons. The van der Waals surface area contributed by atoms with Crippen LogP contribution in [0.25, 0.3) is 28.0 Å². The lowest BCUT2D eigenvalue weighted by atomic mass is 9.93. The minimum atomic E-state index is 0.208. The van der Waals surface area contributed by atoms with E-state index in [4.69, 9.17) is 10.7 Å². The first-order valence-corrected chi connectivity index (χ1v) is 12.0. The molecule has 4 heterocycles. The zero-order valence-corrected chi connectivity index (χ0v) is 20.0. The van der Waals surface area contributed by atoms with Gasteiger partial charge in [0.05, 0.1) is 22.1 Å². The largest absolute Gasteiger partial charge is 0.383 e. The second-order valence-electron chi connectivity index (χ2n) is 8.30. The van der Waals surface area contributed by atoms with Gasteiger partial charge in [-0.3, -0.25) is 9.78 Å². The summed E-state index contributed by atoms with van der Waals surface area (Å²) in [5.74, 6) is 0.969. The lowest BCUT2D eigenvalue weighted by Crippen LogP contribution is -2.37. The molecule has 2 N–H and O–H groups in total. The van der Waals surface area contributed by atoms with Crippen LogP contribution in [0.2, 0.25) is 0 Å². The quantitative estimate of drug-likeness (QED) is 0.426. The molecule has 0 saturated carbocycles. The van der Waals surface area contributed by atoms with Gasteiger partial charge in [-0.15, -0.1) is 0 Å². The van der Waals surface area contributed by atoms with Crippen molar-refractivity contribution in [3.8, 4) is 22.4 Å². The van der Waals surface area contributed by atoms with Crippen LogP contribution in [0.4, 0.5) is 5.82 Å². The number of fused-ring (bicyclic) bond motifs is 1. The third-order valence-electron chi connectivity index (χ3n) is 6.33. The van der Waals surface area contributed by atoms with E-state index < -0.39 is 0 Å². The summed E-state index contributed by atoms with van der Waals surface area (Å²) in [5, 5.41) is 4.49. The van der Waals surface area contributed by atoms with E-state index >= 15 is 0 Å². The molecule has 3 aromatic heterocycles. The zero-order valence-electron chi connectivity index (χ0n) is 18.4. The van der Waals surface area contributed by atoms with Crippen LogP contribution < -0.4 is 5.73 Å². The number of rotatable bonds is 4. The highest BCUT2D eigenvalue weighted by Gasteiger charge is 2.27. The number of nitrogens with zero attached hydrogens (tertiary/aromatic N) is 5. The van der Waals surface area contributed by atoms with E-state index in [1.54, 1.807) is 10.7 Å². The van der Waals surface area contributed by atoms with Gasteiger partial charge in [0, 0.05) is 48.3 Å². The van der Waals surface area contributed by atoms with Gasteiger partial charge in [-0.05, 0) is 34.8 Å². The van der Waals surface area contributed by atoms with Gasteiger partial charge in [-0.1, -0.05) is 43.3 Å². The number of likely N-dealkylation sites (tertiary alicyclic amines) is 1. The van der Waals surface area contributed by atoms with Gasteiger partial charge in [0.15, 0.2) is 5.65 Å². The number of amides is 1. The Morgan fingerprint density at radius 3 is 2.52 bits per heavy atom. The smallest absolute Gasteiger partial charge is 0.222 e. The Labute approximate surface area is 200 Å². The molecule has 1 aromatic carbocycles. The molecule has 1 aliphatic heterocycles. The van der Waals surface area contributed by atoms with E-state index in [0.29, 0.717) is 17.9 Å². The van der Waals surface area contributed by atoms with Crippen LogP contribution >= 0.6 is 15.9 Å². The molecule has 0 unspecified atom stereocenters. The molecular formula is C25H25BrN6O. The van der Waals surface area contributed by atoms with E-state index in [1.165, 1.54) is 0 Å². The molecule has 1 saturated heterocycles. The SMILES string of the molecule is CCC(=O)N1CCC(c2nc3c(-c4ccc(-c5ccccc5)nc4)cnn3c(N)c2Br)CC1. The Hall–Kier alpha value is -3.26. The minimum Gasteiger partial charge on any atom is -0.383 e. The maximum absolute atomic E-state index is 12.1. The summed E-state index contributed by atoms with van der Waals surface area (Å²) in [6.45, 7) is 3.39. The van der Waals surface area contributed by atoms with Crippen LogP contribution in [0, 0.1) is 0 Å². The Bertz CT molecular complexity index is 1290. The highest BCUT2D eigenvalue weighted by atomic mass is 79.9. The molecule has 4 aromatic rings. The maximum Gasteiger partial charge on any atom is 0.222 e. The molecule has 0 atom stereocenters. The monoisotopic (exact) mass is 504 g/mol. The summed E-state index contributed by atoms with van der Waals surface area (Å²) < 4.78 is 2.45. The van der Waals surface area contributed by atoms with E-state index in [1.807, 2.05) is 60.5 Å². The van der Waals surface area contributed by atoms with Crippen LogP contribution in [0.1, 0.15) is 37.8 Å². The van der Waals surface area contributed by atoms with Gasteiger partial charge in [0.2, 0.25) is 5.91 Å². The lowest BCUT2D eigenvalue weighted by Gasteiger charge is -2.32. The minimum absolute atomic E-state index is 0.208. The summed E-state index contributed by atoms with van der Waals surface area (Å²) >= 11 is 3.65. The fraction of sp³-hybridized carbons (Fsp3) is 0.280. The fourth-order valence-electron chi connectivity index (χ4n) is 4.45. The van der Waals surface area contributed by atoms with Crippen LogP contribution in [-0.4, -0.2) is 43.5 Å². The molecule has 0 aliphatic carbocycles. The zero-order chi connectivity index (χ0) is 22.9. The maximum atomic E-state index is 12.1. The van der Waals surface area contributed by atoms with Crippen molar-refractivity contribution in [2.45, 2.75) is 32.1 Å². The number of benzene rings is 1. The van der Waals surface area contributed by atoms with E-state index in [-0.39, 0.29) is 11.8 Å². The molecule has 1 fully saturated rings. The first-order valence-electron chi connectivity index (χ1n) is 11.2. The lowest BCUT2D eigenvalue weighted by molar-refractivity contribution is -0.131. The van der Waals surface area contributed by atoms with Crippen molar-refractivity contribution in [3.63, 3.8) is 0 Å². The standard InChI is InChI=1S/C25H25BrN6O/c1-2-21(33)31-12-10-17(11-13-31)23-22(26)24(27)32-25(30-23)19(15-29-32)18-8-9-20(28-14-18)16-6-4-3-5-7-16/h3-9,14-15,17H,2,10-13,27H2,1H3. The third-order valence-corrected chi connectivity index (χ3v) is 7.14. The van der Waals surface area contributed by atoms with Crippen molar-refractivity contribution in [1.82, 2.24) is 24.5 Å². The van der Waals surface area contributed by atoms with Crippen molar-refractivity contribution < 1.29 is 4.79 Å². The molecule has 1 amide bonds. The normalized spacial score (nSPS) is 14.7. The summed E-state index contributed by atoms with van der Waals surface area (Å²) in [4.78, 5) is 23.7. The summed E-state index contributed by atoms with van der Waals surface area (Å²) in [7, 11) is 0. The van der Waals surface area contributed by atoms with Gasteiger partial charge in [0.1, 0.15) is 5.82 Å². The number of carbonyl (C=O) groups is 1. The molecule has 7 nitrogen and oxygen atoms in total. The van der Waals surface area contributed by atoms with Crippen LogP contribution in [0.5, 0.6) is 0 Å². The highest BCUT2D eigenvalue weighted by Crippen LogP contribution is 2.37. The molecule has 33 heavy (non-hydrogen) atoms. The van der Waals surface area contributed by atoms with Crippen molar-refractivity contribution in [2.75, 3.05) is 18.8 Å². The van der Waals surface area contributed by atoms with Crippen LogP contribution in [0.15, 0.2) is 59.3 Å². The van der Waals surface area contributed by atoms with Gasteiger partial charge >= 0.3 is 0 Å². The van der Waals surface area contributed by atoms with E-state index in [0.717, 1.165) is 58.5 Å². The second-order valence-corrected chi connectivity index (χ2v) is 9.09. The summed E-state index contributed by atoms with van der Waals surface area (Å²) in [5.41, 5.74) is 11.9. The number of hydrogen-bond acceptors (Lipinski definition) is 5. The fourth-order valence-corrected chi connectivity index (χ4v) is 5.03. The van der Waals surface area contributed by atoms with Crippen molar-refractivity contribution in [3.05, 3.63) is 65.0 Å². The number of piperidine rings is 1. The Morgan fingerprint density at radius 2 is 1.85 bits per heavy atom. The number of carbonyl (C=O) groups excluding carboxylic acids is 1. The molecule has 5 rings (SSSR count). The number of anilines is 1. The van der Waals surface area contributed by atoms with Crippen LogP contribution in [-0.2, 0) is 4.79 Å². The molecule has 8 heteroatoms. The van der Waals surface area contributed by atoms with Gasteiger partial charge in [-0.2, -0.15) is 9.61 Å². The Balaban J connectivity index is 1.48. The predicted molar refractivity (Wildman–Crippen MR) is 133 cm³/mol. The Kier molecular flexibility index (Phi) is 5.85. The molecule has 1 aliphatic rings. The first-order chi connectivity index (χ1) is 16.1. The average Bonchev–Trinajstić information content (AvgIpc) is 3.30. The summed E-state index contributed by atoms with van der Waals surface area (Å²) in [6.07, 6.45) is 5.92. The summed E-state index contributed by atoms with van der Waals surface area (Å²) in [6, 6.07) is 14.1. The molecular weight excluding hydrogens is 480 g/mol. The predicted octanol–water partition coefficient (Wildman–Crippen LogP) is 4.92. The molecule has 0 spiro atoms. The number of halogens is 1. The van der Waals surface area contributed by atoms with E-state index in [2.05, 4.69) is 26.0 Å². The van der Waals surface area contributed by atoms with Gasteiger partial charge in [-0.25, -0.2) is 4.98 Å². The van der Waals surface area contributed by atoms with E-state index in [9.17, 15) is 4.79 Å². The third kappa shape index (κ3) is 3.99. The second kappa shape index (κ2) is 8.94. The number of pyridine rings is 1. The number of aromatic nitrogens is 4. The average molecular weight is 505 g/mol. The van der Waals surface area contributed by atoms with Crippen molar-refractivity contribution in [1.29, 1.82) is 0 Å².